The number of nitrogen functional groups attached to an aromatic ring is 1. The van der Waals surface area contributed by atoms with Gasteiger partial charge in [0.15, 0.2) is 11.5 Å². The predicted molar refractivity (Wildman–Crippen MR) is 157 cm³/mol. The van der Waals surface area contributed by atoms with Crippen LogP contribution < -0.4 is 11.1 Å². The molecule has 4 N–H and O–H groups in total. The molecule has 0 bridgehead atoms. The van der Waals surface area contributed by atoms with E-state index in [0.29, 0.717) is 40.2 Å². The number of aromatic hydroxyl groups is 1. The van der Waals surface area contributed by atoms with Gasteiger partial charge in [0, 0.05) is 29.6 Å². The lowest BCUT2D eigenvalue weighted by Gasteiger charge is -2.12. The van der Waals surface area contributed by atoms with E-state index in [1.54, 1.807) is 6.20 Å². The second-order valence-electron chi connectivity index (χ2n) is 9.36. The van der Waals surface area contributed by atoms with Crippen LogP contribution in [0, 0.1) is 0 Å². The molecule has 0 aliphatic rings. The number of carbonyl (C=O) groups excluding carboxylic acids is 2. The number of aromatic nitrogens is 4. The van der Waals surface area contributed by atoms with E-state index < -0.39 is 5.91 Å². The van der Waals surface area contributed by atoms with Gasteiger partial charge < -0.3 is 16.2 Å². The van der Waals surface area contributed by atoms with Gasteiger partial charge in [-0.25, -0.2) is 15.0 Å². The summed E-state index contributed by atoms with van der Waals surface area (Å²) in [6.45, 7) is 0.216. The summed E-state index contributed by atoms with van der Waals surface area (Å²) in [6.07, 6.45) is 2.26. The summed E-state index contributed by atoms with van der Waals surface area (Å²) in [5.74, 6) is 0.284. The molecule has 1 amide bonds. The van der Waals surface area contributed by atoms with Crippen molar-refractivity contribution < 1.29 is 14.7 Å². The molecule has 0 aliphatic carbocycles. The van der Waals surface area contributed by atoms with Gasteiger partial charge in [-0.1, -0.05) is 42.5 Å². The Morgan fingerprint density at radius 1 is 0.927 bits per heavy atom. The molecular weight excluding hydrogens is 516 g/mol. The molecule has 0 spiro atoms. The van der Waals surface area contributed by atoms with Crippen molar-refractivity contribution in [3.63, 3.8) is 0 Å². The Balaban J connectivity index is 1.36. The highest BCUT2D eigenvalue weighted by atomic mass is 16.3. The van der Waals surface area contributed by atoms with E-state index in [1.165, 1.54) is 18.2 Å². The van der Waals surface area contributed by atoms with Crippen molar-refractivity contribution >= 4 is 29.2 Å². The fourth-order valence-electron chi connectivity index (χ4n) is 4.61. The smallest absolute Gasteiger partial charge is 0.255 e. The first-order valence-electron chi connectivity index (χ1n) is 12.8. The zero-order valence-corrected chi connectivity index (χ0v) is 21.7. The molecule has 9 nitrogen and oxygen atoms in total. The predicted octanol–water partition coefficient (Wildman–Crippen LogP) is 5.18. The molecule has 0 radical (unpaired) electrons. The fraction of sp³-hybridized carbons (Fsp3) is 0.0312. The third-order valence-corrected chi connectivity index (χ3v) is 6.70. The van der Waals surface area contributed by atoms with Gasteiger partial charge >= 0.3 is 0 Å². The van der Waals surface area contributed by atoms with Crippen LogP contribution in [0.3, 0.4) is 0 Å². The second kappa shape index (κ2) is 10.7. The van der Waals surface area contributed by atoms with Crippen LogP contribution in [-0.4, -0.2) is 36.8 Å². The summed E-state index contributed by atoms with van der Waals surface area (Å²) in [5.41, 5.74) is 12.1. The van der Waals surface area contributed by atoms with Crippen LogP contribution in [-0.2, 0) is 6.54 Å². The topological polar surface area (TPSA) is 136 Å². The van der Waals surface area contributed by atoms with E-state index in [1.807, 2.05) is 83.4 Å². The van der Waals surface area contributed by atoms with Crippen LogP contribution in [0.5, 0.6) is 5.75 Å². The molecule has 6 aromatic rings. The highest BCUT2D eigenvalue weighted by Crippen LogP contribution is 2.31. The summed E-state index contributed by atoms with van der Waals surface area (Å²) >= 11 is 0. The second-order valence-corrected chi connectivity index (χ2v) is 9.36. The minimum Gasteiger partial charge on any atom is -0.507 e. The molecule has 6 rings (SSSR count). The van der Waals surface area contributed by atoms with E-state index >= 15 is 0 Å². The standard InChI is InChI=1S/C32H24N6O3/c33-29-24(7-4-16-34-29)30-37-27-14-13-26(22-5-2-1-3-6-22)36-31(27)38(30)23-11-8-20(9-12-23)18-35-32(41)25-17-21(19-39)10-15-28(25)40/h1-17,19,40H,18H2,(H2,33,34)(H,35,41). The van der Waals surface area contributed by atoms with Gasteiger partial charge in [0.05, 0.1) is 16.8 Å². The number of phenols is 1. The number of phenolic OH excluding ortho intramolecular Hbond substituents is 1. The highest BCUT2D eigenvalue weighted by molar-refractivity contribution is 5.98. The lowest BCUT2D eigenvalue weighted by Crippen LogP contribution is -2.23. The number of aldehydes is 1. The monoisotopic (exact) mass is 540 g/mol. The molecular formula is C32H24N6O3. The number of amides is 1. The zero-order chi connectivity index (χ0) is 28.3. The van der Waals surface area contributed by atoms with E-state index in [0.717, 1.165) is 22.5 Å². The molecule has 41 heavy (non-hydrogen) atoms. The van der Waals surface area contributed by atoms with Crippen molar-refractivity contribution in [3.05, 3.63) is 120 Å². The normalized spacial score (nSPS) is 10.9. The Morgan fingerprint density at radius 3 is 2.49 bits per heavy atom. The number of benzene rings is 3. The first-order chi connectivity index (χ1) is 20.0. The van der Waals surface area contributed by atoms with Crippen LogP contribution in [0.15, 0.2) is 103 Å². The third-order valence-electron chi connectivity index (χ3n) is 6.70. The quantitative estimate of drug-likeness (QED) is 0.237. The number of hydrogen-bond acceptors (Lipinski definition) is 7. The fourth-order valence-corrected chi connectivity index (χ4v) is 4.61. The Morgan fingerprint density at radius 2 is 1.73 bits per heavy atom. The van der Waals surface area contributed by atoms with Crippen molar-refractivity contribution in [2.75, 3.05) is 5.73 Å². The zero-order valence-electron chi connectivity index (χ0n) is 21.7. The van der Waals surface area contributed by atoms with Gasteiger partial charge in [-0.15, -0.1) is 0 Å². The van der Waals surface area contributed by atoms with Crippen molar-refractivity contribution in [3.8, 4) is 34.1 Å². The Labute approximate surface area is 235 Å². The Bertz CT molecular complexity index is 1900. The number of nitrogens with one attached hydrogen (secondary N) is 1. The van der Waals surface area contributed by atoms with Crippen molar-refractivity contribution in [1.82, 2.24) is 24.8 Å². The maximum Gasteiger partial charge on any atom is 0.255 e. The number of carbonyl (C=O) groups is 2. The number of rotatable bonds is 7. The molecule has 3 aromatic heterocycles. The lowest BCUT2D eigenvalue weighted by atomic mass is 10.1. The summed E-state index contributed by atoms with van der Waals surface area (Å²) < 4.78 is 1.94. The lowest BCUT2D eigenvalue weighted by molar-refractivity contribution is 0.0948. The molecule has 0 fully saturated rings. The van der Waals surface area contributed by atoms with Gasteiger partial charge in [-0.2, -0.15) is 0 Å². The van der Waals surface area contributed by atoms with Crippen molar-refractivity contribution in [2.24, 2.45) is 0 Å². The van der Waals surface area contributed by atoms with Gasteiger partial charge in [-0.05, 0) is 60.2 Å². The van der Waals surface area contributed by atoms with Gasteiger partial charge in [0.25, 0.3) is 5.91 Å². The highest BCUT2D eigenvalue weighted by Gasteiger charge is 2.19. The minimum absolute atomic E-state index is 0.0371. The van der Waals surface area contributed by atoms with E-state index in [2.05, 4.69) is 10.3 Å². The number of anilines is 1. The molecule has 3 aromatic carbocycles. The minimum atomic E-state index is -0.483. The maximum absolute atomic E-state index is 12.7. The SMILES string of the molecule is Nc1ncccc1-c1nc2ccc(-c3ccccc3)nc2n1-c1ccc(CNC(=O)c2cc(C=O)ccc2O)cc1. The summed E-state index contributed by atoms with van der Waals surface area (Å²) in [4.78, 5) is 37.8. The van der Waals surface area contributed by atoms with Gasteiger partial charge in [0.1, 0.15) is 23.4 Å². The summed E-state index contributed by atoms with van der Waals surface area (Å²) in [6, 6.07) is 29.2. The molecule has 3 heterocycles. The molecule has 0 atom stereocenters. The van der Waals surface area contributed by atoms with Crippen LogP contribution in [0.1, 0.15) is 26.3 Å². The van der Waals surface area contributed by atoms with E-state index in [-0.39, 0.29) is 17.9 Å². The van der Waals surface area contributed by atoms with Crippen molar-refractivity contribution in [2.45, 2.75) is 6.54 Å². The largest absolute Gasteiger partial charge is 0.507 e. The Kier molecular flexibility index (Phi) is 6.67. The molecule has 9 heteroatoms. The maximum atomic E-state index is 12.7. The summed E-state index contributed by atoms with van der Waals surface area (Å²) in [5, 5.41) is 12.8. The van der Waals surface area contributed by atoms with Gasteiger partial charge in [-0.3, -0.25) is 14.2 Å². The third kappa shape index (κ3) is 4.99. The summed E-state index contributed by atoms with van der Waals surface area (Å²) in [7, 11) is 0. The van der Waals surface area contributed by atoms with Gasteiger partial charge in [0.2, 0.25) is 0 Å². The first kappa shape index (κ1) is 25.4. The molecule has 0 aliphatic heterocycles. The average molecular weight is 541 g/mol. The first-order valence-corrected chi connectivity index (χ1v) is 12.8. The number of imidazole rings is 1. The van der Waals surface area contributed by atoms with Crippen LogP contribution in [0.4, 0.5) is 5.82 Å². The van der Waals surface area contributed by atoms with Crippen molar-refractivity contribution in [1.29, 1.82) is 0 Å². The number of nitrogens with two attached hydrogens (primary N) is 1. The number of pyridine rings is 2. The van der Waals surface area contributed by atoms with E-state index in [9.17, 15) is 14.7 Å². The molecule has 0 saturated carbocycles. The van der Waals surface area contributed by atoms with Crippen LogP contribution in [0.2, 0.25) is 0 Å². The number of hydrogen-bond donors (Lipinski definition) is 3. The van der Waals surface area contributed by atoms with E-state index in [4.69, 9.17) is 15.7 Å². The van der Waals surface area contributed by atoms with Crippen LogP contribution >= 0.6 is 0 Å². The number of fused-ring (bicyclic) bond motifs is 1. The van der Waals surface area contributed by atoms with Crippen LogP contribution in [0.25, 0.3) is 39.5 Å². The Hall–Kier alpha value is -5.83. The number of nitrogens with zero attached hydrogens (tertiary/aromatic N) is 4. The average Bonchev–Trinajstić information content (AvgIpc) is 3.39. The molecule has 0 unspecified atom stereocenters. The molecule has 0 saturated heterocycles. The molecule has 200 valence electrons.